The maximum absolute atomic E-state index is 14.3. The van der Waals surface area contributed by atoms with Crippen LogP contribution in [0, 0.1) is 56.7 Å². The summed E-state index contributed by atoms with van der Waals surface area (Å²) >= 11 is 0. The molecule has 0 heterocycles. The third kappa shape index (κ3) is 5.88. The average molecular weight is 726 g/mol. The zero-order valence-electron chi connectivity index (χ0n) is 34.5. The predicted molar refractivity (Wildman–Crippen MR) is 211 cm³/mol. The van der Waals surface area contributed by atoms with Gasteiger partial charge < -0.3 is 14.8 Å². The number of methoxy groups -OCH3 is 1. The van der Waals surface area contributed by atoms with Gasteiger partial charge in [-0.3, -0.25) is 9.59 Å². The Morgan fingerprint density at radius 1 is 0.849 bits per heavy atom. The zero-order valence-corrected chi connectivity index (χ0v) is 34.5. The van der Waals surface area contributed by atoms with Crippen LogP contribution < -0.4 is 5.32 Å². The van der Waals surface area contributed by atoms with E-state index in [1.807, 2.05) is 32.9 Å². The predicted octanol–water partition coefficient (Wildman–Crippen LogP) is 10.5. The van der Waals surface area contributed by atoms with Gasteiger partial charge in [0.05, 0.1) is 24.5 Å². The Morgan fingerprint density at radius 2 is 1.53 bits per heavy atom. The number of nitrogens with one attached hydrogen (secondary N) is 1. The minimum absolute atomic E-state index is 0.000558. The van der Waals surface area contributed by atoms with Crippen molar-refractivity contribution in [3.8, 4) is 0 Å². The Bertz CT molecular complexity index is 1710. The summed E-state index contributed by atoms with van der Waals surface area (Å²) in [5.41, 5.74) is 3.59. The van der Waals surface area contributed by atoms with Crippen molar-refractivity contribution in [1.29, 1.82) is 0 Å². The molecule has 7 rings (SSSR count). The highest BCUT2D eigenvalue weighted by atomic mass is 16.6. The molecule has 0 bridgehead atoms. The average Bonchev–Trinajstić information content (AvgIpc) is 3.75. The zero-order chi connectivity index (χ0) is 38.6. The van der Waals surface area contributed by atoms with Crippen molar-refractivity contribution >= 4 is 23.4 Å². The van der Waals surface area contributed by atoms with Gasteiger partial charge in [-0.25, -0.2) is 4.79 Å². The van der Waals surface area contributed by atoms with E-state index in [4.69, 9.17) is 9.47 Å². The molecule has 1 N–H and O–H groups in total. The number of esters is 2. The van der Waals surface area contributed by atoms with E-state index in [1.165, 1.54) is 49.5 Å². The van der Waals surface area contributed by atoms with Gasteiger partial charge in [0.1, 0.15) is 5.60 Å². The Kier molecular flexibility index (Phi) is 9.10. The van der Waals surface area contributed by atoms with E-state index in [0.717, 1.165) is 44.9 Å². The maximum Gasteiger partial charge on any atom is 0.337 e. The van der Waals surface area contributed by atoms with Crippen LogP contribution in [0.4, 0.5) is 0 Å². The molecule has 0 saturated heterocycles. The fraction of sp³-hybridized carbons (Fsp3) is 0.723. The summed E-state index contributed by atoms with van der Waals surface area (Å²) in [6.07, 6.45) is 14.4. The largest absolute Gasteiger partial charge is 0.465 e. The van der Waals surface area contributed by atoms with Gasteiger partial charge in [-0.05, 0) is 173 Å². The summed E-state index contributed by atoms with van der Waals surface area (Å²) in [7, 11) is 1.43. The van der Waals surface area contributed by atoms with Gasteiger partial charge >= 0.3 is 11.9 Å². The number of benzene rings is 1. The highest BCUT2D eigenvalue weighted by Crippen LogP contribution is 2.76. The van der Waals surface area contributed by atoms with E-state index >= 15 is 0 Å². The number of allylic oxidation sites excluding steroid dienone is 3. The van der Waals surface area contributed by atoms with Gasteiger partial charge in [0, 0.05) is 5.54 Å². The van der Waals surface area contributed by atoms with Crippen LogP contribution in [0.1, 0.15) is 155 Å². The van der Waals surface area contributed by atoms with E-state index in [-0.39, 0.29) is 51.5 Å². The van der Waals surface area contributed by atoms with Gasteiger partial charge in [0.2, 0.25) is 5.91 Å². The van der Waals surface area contributed by atoms with E-state index in [2.05, 4.69) is 71.6 Å². The monoisotopic (exact) mass is 726 g/mol. The number of carbonyl (C=O) groups is 3. The minimum atomic E-state index is -0.621. The molecular formula is C47H67NO5. The second-order valence-corrected chi connectivity index (χ2v) is 21.0. The number of amides is 1. The lowest BCUT2D eigenvalue weighted by atomic mass is 9.33. The number of hydrogen-bond donors (Lipinski definition) is 1. The van der Waals surface area contributed by atoms with Gasteiger partial charge in [0.15, 0.2) is 0 Å². The molecule has 290 valence electrons. The van der Waals surface area contributed by atoms with Crippen molar-refractivity contribution in [2.45, 2.75) is 151 Å². The molecular weight excluding hydrogens is 659 g/mol. The van der Waals surface area contributed by atoms with E-state index in [9.17, 15) is 14.4 Å². The molecule has 9 atom stereocenters. The standard InChI is InChI=1S/C47H67NO5/c1-29(2)32-18-23-47(48-40(51)46(25-26-46)28-37(49)53-41(3,4)5)27-24-44(9)34(38(32)47)16-17-36-43(8)21-19-33(30-12-14-31(15-13-30)39(50)52-11)42(6,7)35(43)20-22-45(36,44)10/h12-15,19,32,34-36,38H,1,16-18,20-28H2,2-11H3,(H,48,51)/t32-,34+,35-,36+,38+,43-,44+,45+,47-/m0/s1. The summed E-state index contributed by atoms with van der Waals surface area (Å²) < 4.78 is 10.7. The van der Waals surface area contributed by atoms with E-state index in [1.54, 1.807) is 0 Å². The van der Waals surface area contributed by atoms with Gasteiger partial charge in [-0.15, -0.1) is 0 Å². The first-order valence-corrected chi connectivity index (χ1v) is 20.8. The summed E-state index contributed by atoms with van der Waals surface area (Å²) in [4.78, 5) is 39.4. The fourth-order valence-electron chi connectivity index (χ4n) is 14.0. The molecule has 0 aromatic heterocycles. The van der Waals surface area contributed by atoms with Crippen molar-refractivity contribution in [1.82, 2.24) is 5.32 Å². The van der Waals surface area contributed by atoms with Crippen LogP contribution in [0.15, 0.2) is 42.5 Å². The molecule has 1 amide bonds. The Morgan fingerprint density at radius 3 is 2.13 bits per heavy atom. The minimum Gasteiger partial charge on any atom is -0.465 e. The SMILES string of the molecule is C=C(C)[C@@H]1CC[C@]2(NC(=O)C3(CC(=O)OC(C)(C)C)CC3)CC[C@]3(C)[C@H](CC[C@@H]4[C@@]5(C)CC=C(c6ccc(C(=O)OC)cc6)C(C)(C)[C@@H]5CC[C@]43C)[C@@H]12. The van der Waals surface area contributed by atoms with Crippen LogP contribution in [0.25, 0.3) is 5.57 Å². The molecule has 0 spiro atoms. The van der Waals surface area contributed by atoms with Gasteiger partial charge in [-0.2, -0.15) is 0 Å². The van der Waals surface area contributed by atoms with Crippen LogP contribution in [0.2, 0.25) is 0 Å². The summed E-state index contributed by atoms with van der Waals surface area (Å²) in [6.45, 7) is 25.3. The Hall–Kier alpha value is -2.89. The molecule has 5 fully saturated rings. The van der Waals surface area contributed by atoms with Crippen molar-refractivity contribution in [3.05, 3.63) is 53.6 Å². The number of hydrogen-bond acceptors (Lipinski definition) is 5. The smallest absolute Gasteiger partial charge is 0.337 e. The van der Waals surface area contributed by atoms with Gasteiger partial charge in [-0.1, -0.05) is 65.0 Å². The summed E-state index contributed by atoms with van der Waals surface area (Å²) in [6, 6.07) is 8.03. The molecule has 6 aliphatic rings. The lowest BCUT2D eigenvalue weighted by Gasteiger charge is -2.72. The maximum atomic E-state index is 14.3. The lowest BCUT2D eigenvalue weighted by Crippen LogP contribution is -2.68. The third-order valence-electron chi connectivity index (χ3n) is 16.9. The van der Waals surface area contributed by atoms with E-state index < -0.39 is 11.0 Å². The quantitative estimate of drug-likeness (QED) is 0.224. The lowest BCUT2D eigenvalue weighted by molar-refractivity contribution is -0.219. The highest BCUT2D eigenvalue weighted by Gasteiger charge is 2.71. The molecule has 6 nitrogen and oxygen atoms in total. The molecule has 6 aliphatic carbocycles. The number of carbonyl (C=O) groups excluding carboxylic acids is 3. The van der Waals surface area contributed by atoms with Gasteiger partial charge in [0.25, 0.3) is 0 Å². The molecule has 1 aromatic carbocycles. The third-order valence-corrected chi connectivity index (χ3v) is 16.9. The highest BCUT2D eigenvalue weighted by molar-refractivity contribution is 5.91. The summed E-state index contributed by atoms with van der Waals surface area (Å²) in [5, 5.41) is 3.76. The van der Waals surface area contributed by atoms with Crippen LogP contribution in [-0.2, 0) is 19.1 Å². The van der Waals surface area contributed by atoms with Crippen molar-refractivity contribution in [2.75, 3.05) is 7.11 Å². The van der Waals surface area contributed by atoms with Crippen molar-refractivity contribution in [2.24, 2.45) is 56.7 Å². The van der Waals surface area contributed by atoms with Crippen LogP contribution in [0.3, 0.4) is 0 Å². The molecule has 0 radical (unpaired) electrons. The molecule has 0 aliphatic heterocycles. The first kappa shape index (κ1) is 38.4. The Labute approximate surface area is 319 Å². The first-order chi connectivity index (χ1) is 24.7. The molecule has 53 heavy (non-hydrogen) atoms. The summed E-state index contributed by atoms with van der Waals surface area (Å²) in [5.74, 6) is 1.98. The molecule has 1 aromatic rings. The number of fused-ring (bicyclic) bond motifs is 7. The number of rotatable bonds is 7. The molecule has 0 unspecified atom stereocenters. The second kappa shape index (κ2) is 12.6. The fourth-order valence-corrected chi connectivity index (χ4v) is 14.0. The first-order valence-electron chi connectivity index (χ1n) is 20.8. The topological polar surface area (TPSA) is 81.7 Å². The Balaban J connectivity index is 1.16. The van der Waals surface area contributed by atoms with Crippen molar-refractivity contribution in [3.63, 3.8) is 0 Å². The van der Waals surface area contributed by atoms with Crippen LogP contribution >= 0.6 is 0 Å². The van der Waals surface area contributed by atoms with E-state index in [0.29, 0.717) is 35.2 Å². The van der Waals surface area contributed by atoms with Crippen LogP contribution in [-0.4, -0.2) is 36.1 Å². The van der Waals surface area contributed by atoms with Crippen molar-refractivity contribution < 1.29 is 23.9 Å². The normalized spacial score (nSPS) is 39.2. The molecule has 6 heteroatoms. The van der Waals surface area contributed by atoms with Crippen LogP contribution in [0.5, 0.6) is 0 Å². The second-order valence-electron chi connectivity index (χ2n) is 21.0. The molecule has 5 saturated carbocycles. The number of ether oxygens (including phenoxy) is 2.